The summed E-state index contributed by atoms with van der Waals surface area (Å²) in [6.45, 7) is 0.659. The van der Waals surface area contributed by atoms with Crippen LogP contribution in [0.4, 0.5) is 13.2 Å². The Hall–Kier alpha value is -0.590. The molecule has 0 bridgehead atoms. The van der Waals surface area contributed by atoms with Gasteiger partial charge in [0.1, 0.15) is 0 Å². The van der Waals surface area contributed by atoms with Crippen molar-refractivity contribution in [2.24, 2.45) is 0 Å². The van der Waals surface area contributed by atoms with Crippen LogP contribution in [-0.2, 0) is 0 Å². The summed E-state index contributed by atoms with van der Waals surface area (Å²) in [5.41, 5.74) is 1.13. The molecule has 0 aliphatic carbocycles. The fraction of sp³-hybridized carbons (Fsp3) is 0.571. The standard InChI is InChI=1S/C14H20BrF3N2/c1-19-13(11-4-3-5-12(15)10-11)6-8-20(2)9-7-14(16,17)18/h3-5,10,13,19H,6-9H2,1-2H3. The van der Waals surface area contributed by atoms with Crippen molar-refractivity contribution in [2.45, 2.75) is 25.1 Å². The van der Waals surface area contributed by atoms with Crippen molar-refractivity contribution in [3.8, 4) is 0 Å². The molecular formula is C14H20BrF3N2. The second-order valence-electron chi connectivity index (χ2n) is 4.85. The van der Waals surface area contributed by atoms with E-state index in [1.54, 1.807) is 11.9 Å². The topological polar surface area (TPSA) is 15.3 Å². The van der Waals surface area contributed by atoms with Crippen LogP contribution in [0.5, 0.6) is 0 Å². The van der Waals surface area contributed by atoms with Crippen LogP contribution in [-0.4, -0.2) is 38.3 Å². The van der Waals surface area contributed by atoms with E-state index in [9.17, 15) is 13.2 Å². The third-order valence-electron chi connectivity index (χ3n) is 3.18. The Bertz CT molecular complexity index is 410. The van der Waals surface area contributed by atoms with E-state index in [-0.39, 0.29) is 12.6 Å². The Morgan fingerprint density at radius 2 is 2.00 bits per heavy atom. The molecule has 1 rings (SSSR count). The van der Waals surface area contributed by atoms with Gasteiger partial charge in [0.2, 0.25) is 0 Å². The highest BCUT2D eigenvalue weighted by Crippen LogP contribution is 2.22. The summed E-state index contributed by atoms with van der Waals surface area (Å²) in [5.74, 6) is 0. The number of hydrogen-bond donors (Lipinski definition) is 1. The van der Waals surface area contributed by atoms with Gasteiger partial charge in [0, 0.05) is 17.1 Å². The Morgan fingerprint density at radius 1 is 1.30 bits per heavy atom. The van der Waals surface area contributed by atoms with Crippen molar-refractivity contribution in [3.63, 3.8) is 0 Å². The van der Waals surface area contributed by atoms with Gasteiger partial charge in [-0.15, -0.1) is 0 Å². The number of halogens is 4. The lowest BCUT2D eigenvalue weighted by Gasteiger charge is -2.22. The normalized spacial score (nSPS) is 13.8. The molecule has 0 radical (unpaired) electrons. The molecule has 1 N–H and O–H groups in total. The molecule has 0 heterocycles. The summed E-state index contributed by atoms with van der Waals surface area (Å²) in [6, 6.07) is 8.09. The molecule has 0 aliphatic rings. The Morgan fingerprint density at radius 3 is 2.55 bits per heavy atom. The molecule has 6 heteroatoms. The second-order valence-corrected chi connectivity index (χ2v) is 5.77. The maximum atomic E-state index is 12.1. The van der Waals surface area contributed by atoms with Gasteiger partial charge >= 0.3 is 6.18 Å². The zero-order valence-electron chi connectivity index (χ0n) is 11.7. The molecule has 0 fully saturated rings. The number of alkyl halides is 3. The fourth-order valence-corrected chi connectivity index (χ4v) is 2.40. The largest absolute Gasteiger partial charge is 0.390 e. The van der Waals surface area contributed by atoms with Crippen LogP contribution in [0, 0.1) is 0 Å². The van der Waals surface area contributed by atoms with Gasteiger partial charge in [0.05, 0.1) is 6.42 Å². The molecule has 20 heavy (non-hydrogen) atoms. The zero-order chi connectivity index (χ0) is 15.2. The number of benzene rings is 1. The summed E-state index contributed by atoms with van der Waals surface area (Å²) in [5, 5.41) is 3.20. The van der Waals surface area contributed by atoms with E-state index < -0.39 is 12.6 Å². The molecule has 1 aromatic rings. The summed E-state index contributed by atoms with van der Waals surface area (Å²) in [7, 11) is 3.58. The highest BCUT2D eigenvalue weighted by Gasteiger charge is 2.27. The first-order valence-electron chi connectivity index (χ1n) is 6.50. The lowest BCUT2D eigenvalue weighted by atomic mass is 10.0. The lowest BCUT2D eigenvalue weighted by Crippen LogP contribution is -2.28. The molecule has 0 aliphatic heterocycles. The predicted molar refractivity (Wildman–Crippen MR) is 78.7 cm³/mol. The smallest absolute Gasteiger partial charge is 0.313 e. The summed E-state index contributed by atoms with van der Waals surface area (Å²) in [6.07, 6.45) is -4.08. The molecule has 114 valence electrons. The zero-order valence-corrected chi connectivity index (χ0v) is 13.3. The molecule has 1 aromatic carbocycles. The van der Waals surface area contributed by atoms with Crippen LogP contribution in [0.25, 0.3) is 0 Å². The molecule has 0 aromatic heterocycles. The first kappa shape index (κ1) is 17.5. The van der Waals surface area contributed by atoms with Gasteiger partial charge in [-0.05, 0) is 44.8 Å². The minimum atomic E-state index is -4.08. The summed E-state index contributed by atoms with van der Waals surface area (Å²) < 4.78 is 37.4. The second kappa shape index (κ2) is 8.00. The van der Waals surface area contributed by atoms with Crippen molar-refractivity contribution < 1.29 is 13.2 Å². The van der Waals surface area contributed by atoms with E-state index in [0.717, 1.165) is 16.5 Å². The van der Waals surface area contributed by atoms with Crippen molar-refractivity contribution >= 4 is 15.9 Å². The predicted octanol–water partition coefficient (Wildman–Crippen LogP) is 3.98. The minimum absolute atomic E-state index is 0.0401. The first-order chi connectivity index (χ1) is 9.31. The summed E-state index contributed by atoms with van der Waals surface area (Å²) in [4.78, 5) is 1.72. The van der Waals surface area contributed by atoms with Gasteiger partial charge < -0.3 is 10.2 Å². The van der Waals surface area contributed by atoms with Crippen molar-refractivity contribution in [1.82, 2.24) is 10.2 Å². The molecular weight excluding hydrogens is 333 g/mol. The quantitative estimate of drug-likeness (QED) is 0.798. The van der Waals surface area contributed by atoms with Crippen LogP contribution >= 0.6 is 15.9 Å². The van der Waals surface area contributed by atoms with Crippen LogP contribution in [0.3, 0.4) is 0 Å². The molecule has 0 saturated heterocycles. The van der Waals surface area contributed by atoms with E-state index in [0.29, 0.717) is 6.54 Å². The Balaban J connectivity index is 2.45. The van der Waals surface area contributed by atoms with E-state index in [4.69, 9.17) is 0 Å². The molecule has 1 unspecified atom stereocenters. The van der Waals surface area contributed by atoms with Crippen molar-refractivity contribution in [2.75, 3.05) is 27.2 Å². The molecule has 1 atom stereocenters. The lowest BCUT2D eigenvalue weighted by molar-refractivity contribution is -0.137. The van der Waals surface area contributed by atoms with Gasteiger partial charge in [-0.25, -0.2) is 0 Å². The van der Waals surface area contributed by atoms with Crippen molar-refractivity contribution in [1.29, 1.82) is 0 Å². The van der Waals surface area contributed by atoms with Crippen molar-refractivity contribution in [3.05, 3.63) is 34.3 Å². The molecule has 0 amide bonds. The van der Waals surface area contributed by atoms with E-state index >= 15 is 0 Å². The van der Waals surface area contributed by atoms with Gasteiger partial charge in [-0.2, -0.15) is 13.2 Å². The van der Waals surface area contributed by atoms with Gasteiger partial charge in [-0.3, -0.25) is 0 Å². The minimum Gasteiger partial charge on any atom is -0.313 e. The maximum Gasteiger partial charge on any atom is 0.390 e. The average molecular weight is 353 g/mol. The number of rotatable bonds is 7. The van der Waals surface area contributed by atoms with Crippen LogP contribution in [0.2, 0.25) is 0 Å². The van der Waals surface area contributed by atoms with Crippen LogP contribution in [0.1, 0.15) is 24.4 Å². The highest BCUT2D eigenvalue weighted by molar-refractivity contribution is 9.10. The Labute approximate surface area is 126 Å². The van der Waals surface area contributed by atoms with Crippen LogP contribution in [0.15, 0.2) is 28.7 Å². The third-order valence-corrected chi connectivity index (χ3v) is 3.67. The van der Waals surface area contributed by atoms with E-state index in [2.05, 4.69) is 21.2 Å². The fourth-order valence-electron chi connectivity index (χ4n) is 1.98. The van der Waals surface area contributed by atoms with E-state index in [1.807, 2.05) is 31.3 Å². The van der Waals surface area contributed by atoms with Gasteiger partial charge in [-0.1, -0.05) is 28.1 Å². The van der Waals surface area contributed by atoms with Crippen LogP contribution < -0.4 is 5.32 Å². The number of nitrogens with one attached hydrogen (secondary N) is 1. The SMILES string of the molecule is CNC(CCN(C)CCC(F)(F)F)c1cccc(Br)c1. The van der Waals surface area contributed by atoms with E-state index in [1.165, 1.54) is 0 Å². The highest BCUT2D eigenvalue weighted by atomic mass is 79.9. The molecule has 0 saturated carbocycles. The monoisotopic (exact) mass is 352 g/mol. The molecule has 2 nitrogen and oxygen atoms in total. The van der Waals surface area contributed by atoms with Gasteiger partial charge in [0.15, 0.2) is 0 Å². The van der Waals surface area contributed by atoms with Gasteiger partial charge in [0.25, 0.3) is 0 Å². The Kier molecular flexibility index (Phi) is 6.99. The number of nitrogens with zero attached hydrogens (tertiary/aromatic N) is 1. The number of hydrogen-bond acceptors (Lipinski definition) is 2. The third kappa shape index (κ3) is 6.72. The maximum absolute atomic E-state index is 12.1. The summed E-state index contributed by atoms with van der Waals surface area (Å²) >= 11 is 3.42. The average Bonchev–Trinajstić information content (AvgIpc) is 2.36. The first-order valence-corrected chi connectivity index (χ1v) is 7.29. The molecule has 0 spiro atoms.